The molecule has 6 nitrogen and oxygen atoms in total. The van der Waals surface area contributed by atoms with E-state index in [1.165, 1.54) is 11.8 Å². The second-order valence-electron chi connectivity index (χ2n) is 6.51. The average molecular weight is 353 g/mol. The highest BCUT2D eigenvalue weighted by atomic mass is 16.5. The molecule has 1 fully saturated rings. The van der Waals surface area contributed by atoms with E-state index in [-0.39, 0.29) is 0 Å². The van der Waals surface area contributed by atoms with Gasteiger partial charge in [-0.25, -0.2) is 4.98 Å². The third-order valence-electron chi connectivity index (χ3n) is 4.62. The van der Waals surface area contributed by atoms with Crippen molar-refractivity contribution < 1.29 is 14.7 Å². The summed E-state index contributed by atoms with van der Waals surface area (Å²) in [4.78, 5) is 18.1. The first kappa shape index (κ1) is 18.1. The van der Waals surface area contributed by atoms with Crippen LogP contribution in [-0.4, -0.2) is 46.8 Å². The number of rotatable bonds is 7. The van der Waals surface area contributed by atoms with Crippen LogP contribution in [0.5, 0.6) is 5.88 Å². The summed E-state index contributed by atoms with van der Waals surface area (Å²) in [5.41, 5.74) is 1.72. The van der Waals surface area contributed by atoms with Crippen LogP contribution in [0.4, 0.5) is 0 Å². The number of ether oxygens (including phenoxy) is 1. The molecule has 2 heterocycles. The fraction of sp³-hybridized carbons (Fsp3) is 0.350. The minimum Gasteiger partial charge on any atom is -0.477 e. The Morgan fingerprint density at radius 1 is 1.23 bits per heavy atom. The summed E-state index contributed by atoms with van der Waals surface area (Å²) in [5.74, 6) is 0.637. The van der Waals surface area contributed by atoms with Gasteiger partial charge in [-0.05, 0) is 43.5 Å². The van der Waals surface area contributed by atoms with Gasteiger partial charge in [0.2, 0.25) is 11.7 Å². The standard InChI is InChI=1S/C20H23N3O3/c24-19(13-22-25)18-6-7-20(21-12-18)26-15-17-8-10-23(11-9-17)14-16-4-2-1-3-5-16/h1-7,12-13,17,25H,8-11,14-15H2. The lowest BCUT2D eigenvalue weighted by atomic mass is 9.97. The van der Waals surface area contributed by atoms with Crippen LogP contribution in [0, 0.1) is 5.92 Å². The zero-order chi connectivity index (χ0) is 18.2. The van der Waals surface area contributed by atoms with Crippen LogP contribution in [0.15, 0.2) is 53.8 Å². The number of Topliss-reactive ketones (excluding diaryl/α,β-unsaturated/α-hetero) is 1. The maximum atomic E-state index is 11.5. The smallest absolute Gasteiger partial charge is 0.213 e. The molecule has 6 heteroatoms. The second kappa shape index (κ2) is 9.10. The van der Waals surface area contributed by atoms with Crippen LogP contribution >= 0.6 is 0 Å². The van der Waals surface area contributed by atoms with Crippen LogP contribution in [0.3, 0.4) is 0 Å². The lowest BCUT2D eigenvalue weighted by molar-refractivity contribution is 0.106. The molecule has 0 saturated carbocycles. The van der Waals surface area contributed by atoms with Gasteiger partial charge in [0.25, 0.3) is 0 Å². The van der Waals surface area contributed by atoms with Crippen molar-refractivity contribution in [2.45, 2.75) is 19.4 Å². The number of piperidine rings is 1. The molecule has 1 N–H and O–H groups in total. The number of pyridine rings is 1. The Bertz CT molecular complexity index is 724. The number of carbonyl (C=O) groups is 1. The van der Waals surface area contributed by atoms with Crippen LogP contribution in [0.25, 0.3) is 0 Å². The van der Waals surface area contributed by atoms with Gasteiger partial charge in [0.05, 0.1) is 6.61 Å². The molecule has 1 aromatic heterocycles. The van der Waals surface area contributed by atoms with E-state index in [9.17, 15) is 4.79 Å². The molecular formula is C20H23N3O3. The van der Waals surface area contributed by atoms with Crippen molar-refractivity contribution in [3.8, 4) is 5.88 Å². The summed E-state index contributed by atoms with van der Waals surface area (Å²) < 4.78 is 5.77. The van der Waals surface area contributed by atoms with Gasteiger partial charge in [-0.3, -0.25) is 9.69 Å². The molecule has 0 aliphatic carbocycles. The zero-order valence-corrected chi connectivity index (χ0v) is 14.6. The number of carbonyl (C=O) groups excluding carboxylic acids is 1. The summed E-state index contributed by atoms with van der Waals surface area (Å²) in [7, 11) is 0. The average Bonchev–Trinajstić information content (AvgIpc) is 2.69. The second-order valence-corrected chi connectivity index (χ2v) is 6.51. The molecule has 1 aliphatic rings. The van der Waals surface area contributed by atoms with Gasteiger partial charge in [0.15, 0.2) is 0 Å². The Kier molecular flexibility index (Phi) is 6.33. The Morgan fingerprint density at radius 2 is 2.00 bits per heavy atom. The molecule has 0 bridgehead atoms. The normalized spacial score (nSPS) is 16.0. The molecule has 1 aliphatic heterocycles. The Morgan fingerprint density at radius 3 is 2.65 bits per heavy atom. The van der Waals surface area contributed by atoms with E-state index in [4.69, 9.17) is 9.94 Å². The highest BCUT2D eigenvalue weighted by Crippen LogP contribution is 2.20. The van der Waals surface area contributed by atoms with Gasteiger partial charge in [-0.1, -0.05) is 35.5 Å². The van der Waals surface area contributed by atoms with Crippen LogP contribution in [0.2, 0.25) is 0 Å². The molecule has 0 unspecified atom stereocenters. The first-order chi connectivity index (χ1) is 12.7. The van der Waals surface area contributed by atoms with Crippen molar-refractivity contribution in [3.63, 3.8) is 0 Å². The summed E-state index contributed by atoms with van der Waals surface area (Å²) in [6, 6.07) is 13.8. The van der Waals surface area contributed by atoms with Crippen LogP contribution in [-0.2, 0) is 6.54 Å². The minimum atomic E-state index is -0.391. The largest absolute Gasteiger partial charge is 0.477 e. The quantitative estimate of drug-likeness (QED) is 0.358. The topological polar surface area (TPSA) is 75.0 Å². The third-order valence-corrected chi connectivity index (χ3v) is 4.62. The van der Waals surface area contributed by atoms with Crippen molar-refractivity contribution in [2.24, 2.45) is 11.1 Å². The van der Waals surface area contributed by atoms with Gasteiger partial charge in [0.1, 0.15) is 6.21 Å². The van der Waals surface area contributed by atoms with Gasteiger partial charge < -0.3 is 9.94 Å². The molecule has 0 amide bonds. The van der Waals surface area contributed by atoms with Crippen molar-refractivity contribution >= 4 is 12.0 Å². The molecular weight excluding hydrogens is 330 g/mol. The summed E-state index contributed by atoms with van der Waals surface area (Å²) in [6.07, 6.45) is 4.50. The maximum absolute atomic E-state index is 11.5. The van der Waals surface area contributed by atoms with Gasteiger partial charge >= 0.3 is 0 Å². The Labute approximate surface area is 153 Å². The summed E-state index contributed by atoms with van der Waals surface area (Å²) >= 11 is 0. The lowest BCUT2D eigenvalue weighted by Crippen LogP contribution is -2.35. The minimum absolute atomic E-state index is 0.365. The SMILES string of the molecule is O=C(C=NO)c1ccc(OCC2CCN(Cc3ccccc3)CC2)nc1. The van der Waals surface area contributed by atoms with Crippen molar-refractivity contribution in [1.82, 2.24) is 9.88 Å². The Hall–Kier alpha value is -2.73. The first-order valence-electron chi connectivity index (χ1n) is 8.81. The third kappa shape index (κ3) is 5.13. The van der Waals surface area contributed by atoms with E-state index >= 15 is 0 Å². The van der Waals surface area contributed by atoms with Crippen molar-refractivity contribution in [1.29, 1.82) is 0 Å². The predicted octanol–water partition coefficient (Wildman–Crippen LogP) is 3.02. The molecule has 2 aromatic rings. The van der Waals surface area contributed by atoms with E-state index in [1.54, 1.807) is 12.1 Å². The maximum Gasteiger partial charge on any atom is 0.213 e. The molecule has 0 spiro atoms. The number of aromatic nitrogens is 1. The van der Waals surface area contributed by atoms with E-state index < -0.39 is 5.78 Å². The number of benzene rings is 1. The van der Waals surface area contributed by atoms with Crippen molar-refractivity contribution in [3.05, 3.63) is 59.8 Å². The highest BCUT2D eigenvalue weighted by molar-refractivity contribution is 6.35. The predicted molar refractivity (Wildman–Crippen MR) is 98.8 cm³/mol. The van der Waals surface area contributed by atoms with E-state index in [1.807, 2.05) is 6.07 Å². The van der Waals surface area contributed by atoms with Crippen LogP contribution < -0.4 is 4.74 Å². The lowest BCUT2D eigenvalue weighted by Gasteiger charge is -2.31. The number of likely N-dealkylation sites (tertiary alicyclic amines) is 1. The fourth-order valence-electron chi connectivity index (χ4n) is 3.09. The van der Waals surface area contributed by atoms with Crippen molar-refractivity contribution in [2.75, 3.05) is 19.7 Å². The molecule has 3 rings (SSSR count). The zero-order valence-electron chi connectivity index (χ0n) is 14.6. The van der Waals surface area contributed by atoms with E-state index in [0.717, 1.165) is 38.7 Å². The molecule has 0 radical (unpaired) electrons. The highest BCUT2D eigenvalue weighted by Gasteiger charge is 2.20. The van der Waals surface area contributed by atoms with Gasteiger partial charge in [0, 0.05) is 24.4 Å². The molecule has 136 valence electrons. The Balaban J connectivity index is 1.41. The molecule has 1 saturated heterocycles. The number of hydrogen-bond donors (Lipinski definition) is 1. The molecule has 26 heavy (non-hydrogen) atoms. The monoisotopic (exact) mass is 353 g/mol. The summed E-state index contributed by atoms with van der Waals surface area (Å²) in [6.45, 7) is 3.79. The molecule has 0 atom stereocenters. The first-order valence-corrected chi connectivity index (χ1v) is 8.81. The van der Waals surface area contributed by atoms with E-state index in [2.05, 4.69) is 39.3 Å². The fourth-order valence-corrected chi connectivity index (χ4v) is 3.09. The van der Waals surface area contributed by atoms with Crippen LogP contribution in [0.1, 0.15) is 28.8 Å². The van der Waals surface area contributed by atoms with Gasteiger partial charge in [-0.2, -0.15) is 0 Å². The number of oxime groups is 1. The molecule has 1 aromatic carbocycles. The number of hydrogen-bond acceptors (Lipinski definition) is 6. The number of ketones is 1. The number of nitrogens with zero attached hydrogens (tertiary/aromatic N) is 3. The summed E-state index contributed by atoms with van der Waals surface area (Å²) in [5, 5.41) is 11.1. The van der Waals surface area contributed by atoms with Gasteiger partial charge in [-0.15, -0.1) is 0 Å². The van der Waals surface area contributed by atoms with E-state index in [0.29, 0.717) is 24.0 Å².